The van der Waals surface area contributed by atoms with E-state index < -0.39 is 0 Å². The Labute approximate surface area is 110 Å². The molecule has 2 aliphatic heterocycles. The molecular formula is C14H21ClN2. The molecule has 1 aromatic carbocycles. The molecule has 3 atom stereocenters. The van der Waals surface area contributed by atoms with Crippen molar-refractivity contribution in [2.24, 2.45) is 11.8 Å². The second-order valence-corrected chi connectivity index (χ2v) is 5.22. The van der Waals surface area contributed by atoms with Crippen LogP contribution in [0.1, 0.15) is 18.5 Å². The molecule has 0 spiro atoms. The molecule has 17 heavy (non-hydrogen) atoms. The Balaban J connectivity index is 0.00000108. The van der Waals surface area contributed by atoms with Crippen molar-refractivity contribution < 1.29 is 0 Å². The maximum atomic E-state index is 3.50. The first kappa shape index (κ1) is 12.9. The number of halogens is 1. The van der Waals surface area contributed by atoms with Gasteiger partial charge in [-0.2, -0.15) is 0 Å². The van der Waals surface area contributed by atoms with Crippen LogP contribution in [0.3, 0.4) is 0 Å². The molecule has 0 radical (unpaired) electrons. The molecule has 1 aromatic rings. The molecule has 0 bridgehead atoms. The van der Waals surface area contributed by atoms with Crippen molar-refractivity contribution in [1.82, 2.24) is 10.2 Å². The van der Waals surface area contributed by atoms with Crippen LogP contribution < -0.4 is 5.32 Å². The van der Waals surface area contributed by atoms with Gasteiger partial charge in [0, 0.05) is 19.1 Å². The van der Waals surface area contributed by atoms with E-state index in [0.717, 1.165) is 11.8 Å². The van der Waals surface area contributed by atoms with Crippen LogP contribution in [0.2, 0.25) is 0 Å². The number of nitrogens with one attached hydrogen (secondary N) is 1. The summed E-state index contributed by atoms with van der Waals surface area (Å²) in [6.45, 7) is 7.33. The van der Waals surface area contributed by atoms with E-state index in [-0.39, 0.29) is 12.4 Å². The van der Waals surface area contributed by atoms with Crippen LogP contribution in [0.15, 0.2) is 30.3 Å². The fourth-order valence-electron chi connectivity index (χ4n) is 3.15. The first-order valence-electron chi connectivity index (χ1n) is 6.34. The lowest BCUT2D eigenvalue weighted by Crippen LogP contribution is -2.28. The van der Waals surface area contributed by atoms with Crippen LogP contribution in [-0.4, -0.2) is 31.1 Å². The van der Waals surface area contributed by atoms with Crippen molar-refractivity contribution in [3.8, 4) is 0 Å². The summed E-state index contributed by atoms with van der Waals surface area (Å²) >= 11 is 0. The third kappa shape index (κ3) is 2.49. The summed E-state index contributed by atoms with van der Waals surface area (Å²) in [5, 5.41) is 3.50. The lowest BCUT2D eigenvalue weighted by molar-refractivity contribution is 0.244. The number of fused-ring (bicyclic) bond motifs is 1. The highest BCUT2D eigenvalue weighted by Gasteiger charge is 2.37. The van der Waals surface area contributed by atoms with Gasteiger partial charge in [0.05, 0.1) is 0 Å². The minimum atomic E-state index is 0. The number of hydrogen-bond acceptors (Lipinski definition) is 2. The van der Waals surface area contributed by atoms with Gasteiger partial charge < -0.3 is 5.32 Å². The third-order valence-corrected chi connectivity index (χ3v) is 4.25. The number of benzene rings is 1. The maximum absolute atomic E-state index is 3.50. The molecule has 0 amide bonds. The molecule has 2 nitrogen and oxygen atoms in total. The summed E-state index contributed by atoms with van der Waals surface area (Å²) in [6.07, 6.45) is 0. The highest BCUT2D eigenvalue weighted by atomic mass is 35.5. The van der Waals surface area contributed by atoms with Gasteiger partial charge in [-0.3, -0.25) is 4.90 Å². The third-order valence-electron chi connectivity index (χ3n) is 4.25. The zero-order chi connectivity index (χ0) is 11.0. The van der Waals surface area contributed by atoms with E-state index in [4.69, 9.17) is 0 Å². The number of hydrogen-bond donors (Lipinski definition) is 1. The first-order valence-corrected chi connectivity index (χ1v) is 6.34. The summed E-state index contributed by atoms with van der Waals surface area (Å²) in [7, 11) is 0. The van der Waals surface area contributed by atoms with Crippen molar-refractivity contribution in [3.63, 3.8) is 0 Å². The fraction of sp³-hybridized carbons (Fsp3) is 0.571. The summed E-state index contributed by atoms with van der Waals surface area (Å²) in [5.41, 5.74) is 1.45. The van der Waals surface area contributed by atoms with Crippen molar-refractivity contribution in [1.29, 1.82) is 0 Å². The Morgan fingerprint density at radius 1 is 1.12 bits per heavy atom. The number of rotatable bonds is 2. The van der Waals surface area contributed by atoms with E-state index >= 15 is 0 Å². The van der Waals surface area contributed by atoms with E-state index in [1.165, 1.54) is 31.7 Å². The molecule has 1 N–H and O–H groups in total. The highest BCUT2D eigenvalue weighted by molar-refractivity contribution is 5.85. The van der Waals surface area contributed by atoms with Gasteiger partial charge in [0.2, 0.25) is 0 Å². The Morgan fingerprint density at radius 3 is 2.29 bits per heavy atom. The van der Waals surface area contributed by atoms with Gasteiger partial charge in [0.25, 0.3) is 0 Å². The first-order chi connectivity index (χ1) is 7.84. The maximum Gasteiger partial charge on any atom is 0.0320 e. The van der Waals surface area contributed by atoms with Crippen LogP contribution in [-0.2, 0) is 0 Å². The average Bonchev–Trinajstić information content (AvgIpc) is 2.89. The zero-order valence-electron chi connectivity index (χ0n) is 10.3. The van der Waals surface area contributed by atoms with Crippen molar-refractivity contribution in [2.75, 3.05) is 26.2 Å². The van der Waals surface area contributed by atoms with Crippen molar-refractivity contribution in [2.45, 2.75) is 13.0 Å². The van der Waals surface area contributed by atoms with Gasteiger partial charge in [-0.15, -0.1) is 12.4 Å². The second kappa shape index (κ2) is 5.38. The summed E-state index contributed by atoms with van der Waals surface area (Å²) in [5.74, 6) is 1.79. The van der Waals surface area contributed by atoms with E-state index in [0.29, 0.717) is 6.04 Å². The summed E-state index contributed by atoms with van der Waals surface area (Å²) in [6, 6.07) is 11.5. The second-order valence-electron chi connectivity index (χ2n) is 5.22. The Hall–Kier alpha value is -0.570. The van der Waals surface area contributed by atoms with E-state index in [1.807, 2.05) is 0 Å². The van der Waals surface area contributed by atoms with E-state index in [9.17, 15) is 0 Å². The van der Waals surface area contributed by atoms with Gasteiger partial charge in [0.1, 0.15) is 0 Å². The van der Waals surface area contributed by atoms with Gasteiger partial charge in [0.15, 0.2) is 0 Å². The number of likely N-dealkylation sites (tertiary alicyclic amines) is 1. The molecule has 3 heteroatoms. The molecule has 3 rings (SSSR count). The highest BCUT2D eigenvalue weighted by Crippen LogP contribution is 2.32. The molecule has 94 valence electrons. The number of nitrogens with zero attached hydrogens (tertiary/aromatic N) is 1. The van der Waals surface area contributed by atoms with Gasteiger partial charge in [-0.1, -0.05) is 30.3 Å². The topological polar surface area (TPSA) is 15.3 Å². The van der Waals surface area contributed by atoms with Crippen LogP contribution in [0.25, 0.3) is 0 Å². The van der Waals surface area contributed by atoms with E-state index in [1.54, 1.807) is 0 Å². The fourth-order valence-corrected chi connectivity index (χ4v) is 3.15. The predicted molar refractivity (Wildman–Crippen MR) is 73.5 cm³/mol. The molecule has 2 fully saturated rings. The lowest BCUT2D eigenvalue weighted by atomic mass is 10.0. The van der Waals surface area contributed by atoms with E-state index in [2.05, 4.69) is 47.5 Å². The van der Waals surface area contributed by atoms with Crippen molar-refractivity contribution in [3.05, 3.63) is 35.9 Å². The quantitative estimate of drug-likeness (QED) is 0.869. The lowest BCUT2D eigenvalue weighted by Gasteiger charge is -2.25. The molecule has 2 aliphatic rings. The molecule has 1 unspecified atom stereocenters. The predicted octanol–water partition coefficient (Wildman–Crippen LogP) is 2.32. The SMILES string of the molecule is CC(c1ccccc1)N1C[C@H]2CNC[C@H]2C1.Cl. The molecule has 0 aromatic heterocycles. The molecule has 0 saturated carbocycles. The Bertz CT molecular complexity index is 342. The van der Waals surface area contributed by atoms with Gasteiger partial charge in [-0.25, -0.2) is 0 Å². The smallest absolute Gasteiger partial charge is 0.0320 e. The van der Waals surface area contributed by atoms with Crippen molar-refractivity contribution >= 4 is 12.4 Å². The van der Waals surface area contributed by atoms with Crippen LogP contribution in [0, 0.1) is 11.8 Å². The Morgan fingerprint density at radius 2 is 1.71 bits per heavy atom. The van der Waals surface area contributed by atoms with Crippen LogP contribution >= 0.6 is 12.4 Å². The summed E-state index contributed by atoms with van der Waals surface area (Å²) in [4.78, 5) is 2.64. The average molecular weight is 253 g/mol. The normalized spacial score (nSPS) is 29.7. The minimum Gasteiger partial charge on any atom is -0.316 e. The zero-order valence-corrected chi connectivity index (χ0v) is 11.1. The largest absolute Gasteiger partial charge is 0.316 e. The molecule has 0 aliphatic carbocycles. The van der Waals surface area contributed by atoms with Crippen LogP contribution in [0.4, 0.5) is 0 Å². The molecule has 2 saturated heterocycles. The van der Waals surface area contributed by atoms with Gasteiger partial charge in [-0.05, 0) is 37.4 Å². The standard InChI is InChI=1S/C14H20N2.ClH/c1-11(12-5-3-2-4-6-12)16-9-13-7-15-8-14(13)10-16;/h2-6,11,13-15H,7-10H2,1H3;1H/t11?,13-,14+;. The van der Waals surface area contributed by atoms with Gasteiger partial charge >= 0.3 is 0 Å². The Kier molecular flexibility index (Phi) is 4.08. The minimum absolute atomic E-state index is 0. The molecule has 2 heterocycles. The summed E-state index contributed by atoms with van der Waals surface area (Å²) < 4.78 is 0. The molecular weight excluding hydrogens is 232 g/mol. The monoisotopic (exact) mass is 252 g/mol. The van der Waals surface area contributed by atoms with Crippen LogP contribution in [0.5, 0.6) is 0 Å².